The van der Waals surface area contributed by atoms with E-state index in [0.29, 0.717) is 0 Å². The molecule has 0 aliphatic rings. The van der Waals surface area contributed by atoms with Crippen LogP contribution < -0.4 is 0 Å². The summed E-state index contributed by atoms with van der Waals surface area (Å²) in [6.45, 7) is 0. The van der Waals surface area contributed by atoms with Crippen LogP contribution in [0.2, 0.25) is 0 Å². The van der Waals surface area contributed by atoms with Gasteiger partial charge in [-0.25, -0.2) is 0 Å². The van der Waals surface area contributed by atoms with E-state index in [1.807, 2.05) is 12.1 Å². The van der Waals surface area contributed by atoms with Crippen molar-refractivity contribution in [2.24, 2.45) is 0 Å². The van der Waals surface area contributed by atoms with E-state index in [4.69, 9.17) is 4.42 Å². The molecular formula is C48H30N2O. The molecule has 8 aromatic carbocycles. The van der Waals surface area contributed by atoms with Crippen LogP contribution in [0, 0.1) is 0 Å². The number of para-hydroxylation sites is 5. The minimum atomic E-state index is 0.916. The first-order valence-corrected chi connectivity index (χ1v) is 17.4. The van der Waals surface area contributed by atoms with Crippen LogP contribution in [0.4, 0.5) is 0 Å². The maximum absolute atomic E-state index is 6.38. The van der Waals surface area contributed by atoms with Gasteiger partial charge in [-0.3, -0.25) is 0 Å². The lowest BCUT2D eigenvalue weighted by molar-refractivity contribution is 0.670. The van der Waals surface area contributed by atoms with Gasteiger partial charge in [-0.05, 0) is 77.4 Å². The van der Waals surface area contributed by atoms with Crippen LogP contribution >= 0.6 is 0 Å². The number of nitrogens with zero attached hydrogens (tertiary/aromatic N) is 2. The molecule has 0 N–H and O–H groups in total. The topological polar surface area (TPSA) is 23.0 Å². The smallest absolute Gasteiger partial charge is 0.143 e. The maximum atomic E-state index is 6.38. The molecule has 0 amide bonds. The lowest BCUT2D eigenvalue weighted by Gasteiger charge is -2.11. The zero-order valence-corrected chi connectivity index (χ0v) is 27.6. The summed E-state index contributed by atoms with van der Waals surface area (Å²) in [7, 11) is 0. The molecule has 0 aliphatic carbocycles. The Morgan fingerprint density at radius 2 is 0.863 bits per heavy atom. The average Bonchev–Trinajstić information content (AvgIpc) is 3.85. The first-order chi connectivity index (χ1) is 25.3. The second kappa shape index (κ2) is 10.8. The molecule has 3 heteroatoms. The SMILES string of the molecule is c1ccc(-n2c3ccccc3c3cc(-c4ccc5c6ccccc6n(-c6ccc(-c7cccc8c7oc7ccccc78)cc6)c5c4)ccc32)cc1. The van der Waals surface area contributed by atoms with Crippen molar-refractivity contribution in [1.82, 2.24) is 9.13 Å². The Morgan fingerprint density at radius 3 is 1.67 bits per heavy atom. The van der Waals surface area contributed by atoms with E-state index in [1.54, 1.807) is 0 Å². The second-order valence-electron chi connectivity index (χ2n) is 13.3. The van der Waals surface area contributed by atoms with Crippen molar-refractivity contribution in [2.75, 3.05) is 0 Å². The van der Waals surface area contributed by atoms with Crippen molar-refractivity contribution in [3.8, 4) is 33.6 Å². The van der Waals surface area contributed by atoms with Gasteiger partial charge in [0.15, 0.2) is 0 Å². The Hall–Kier alpha value is -6.84. The van der Waals surface area contributed by atoms with Crippen LogP contribution in [0.3, 0.4) is 0 Å². The molecule has 11 aromatic rings. The Labute approximate surface area is 293 Å². The third kappa shape index (κ3) is 4.19. The second-order valence-corrected chi connectivity index (χ2v) is 13.3. The van der Waals surface area contributed by atoms with E-state index in [0.717, 1.165) is 38.8 Å². The zero-order chi connectivity index (χ0) is 33.5. The Morgan fingerprint density at radius 1 is 0.314 bits per heavy atom. The van der Waals surface area contributed by atoms with Crippen molar-refractivity contribution in [1.29, 1.82) is 0 Å². The minimum absolute atomic E-state index is 0.916. The Bertz CT molecular complexity index is 3120. The largest absolute Gasteiger partial charge is 0.455 e. The summed E-state index contributed by atoms with van der Waals surface area (Å²) in [4.78, 5) is 0. The predicted octanol–water partition coefficient (Wildman–Crippen LogP) is 13.1. The van der Waals surface area contributed by atoms with Gasteiger partial charge < -0.3 is 13.6 Å². The summed E-state index contributed by atoms with van der Waals surface area (Å²) in [5.74, 6) is 0. The molecule has 0 spiro atoms. The first kappa shape index (κ1) is 28.0. The number of hydrogen-bond donors (Lipinski definition) is 0. The number of fused-ring (bicyclic) bond motifs is 9. The molecule has 0 saturated heterocycles. The van der Waals surface area contributed by atoms with Gasteiger partial charge >= 0.3 is 0 Å². The fourth-order valence-corrected chi connectivity index (χ4v) is 8.20. The molecule has 3 heterocycles. The predicted molar refractivity (Wildman–Crippen MR) is 213 cm³/mol. The van der Waals surface area contributed by atoms with Crippen LogP contribution in [-0.4, -0.2) is 9.13 Å². The summed E-state index contributed by atoms with van der Waals surface area (Å²) in [6.07, 6.45) is 0. The molecular weight excluding hydrogens is 621 g/mol. The summed E-state index contributed by atoms with van der Waals surface area (Å²) in [5, 5.41) is 7.29. The molecule has 0 bridgehead atoms. The van der Waals surface area contributed by atoms with Gasteiger partial charge in [0.2, 0.25) is 0 Å². The molecule has 0 saturated carbocycles. The highest BCUT2D eigenvalue weighted by Gasteiger charge is 2.17. The number of benzene rings is 8. The maximum Gasteiger partial charge on any atom is 0.143 e. The normalized spacial score (nSPS) is 11.9. The molecule has 238 valence electrons. The van der Waals surface area contributed by atoms with E-state index in [2.05, 4.69) is 179 Å². The van der Waals surface area contributed by atoms with Gasteiger partial charge in [-0.1, -0.05) is 121 Å². The van der Waals surface area contributed by atoms with Gasteiger partial charge in [0.25, 0.3) is 0 Å². The molecule has 3 aromatic heterocycles. The van der Waals surface area contributed by atoms with Gasteiger partial charge in [0.05, 0.1) is 22.1 Å². The zero-order valence-electron chi connectivity index (χ0n) is 27.6. The summed E-state index contributed by atoms with van der Waals surface area (Å²) in [5.41, 5.74) is 13.6. The Kier molecular flexibility index (Phi) is 5.96. The third-order valence-electron chi connectivity index (χ3n) is 10.5. The Balaban J connectivity index is 1.06. The van der Waals surface area contributed by atoms with Gasteiger partial charge in [0.1, 0.15) is 11.2 Å². The standard InChI is InChI=1S/C48H30N2O/c1-2-11-34(12-3-1)49-44-19-8-5-14-38(44)42-29-32(24-28-45(42)49)33-23-27-39-37-13-4-7-18-43(37)50(46(39)30-33)35-25-21-31(22-26-35)36-16-10-17-41-40-15-6-9-20-47(40)51-48(36)41/h1-30H. The third-order valence-corrected chi connectivity index (χ3v) is 10.5. The molecule has 3 nitrogen and oxygen atoms in total. The molecule has 0 radical (unpaired) electrons. The number of hydrogen-bond acceptors (Lipinski definition) is 1. The monoisotopic (exact) mass is 650 g/mol. The molecule has 0 unspecified atom stereocenters. The number of aromatic nitrogens is 2. The number of furan rings is 1. The van der Waals surface area contributed by atoms with E-state index in [9.17, 15) is 0 Å². The highest BCUT2D eigenvalue weighted by molar-refractivity contribution is 6.13. The number of rotatable bonds is 4. The quantitative estimate of drug-likeness (QED) is 0.186. The highest BCUT2D eigenvalue weighted by atomic mass is 16.3. The van der Waals surface area contributed by atoms with Crippen molar-refractivity contribution < 1.29 is 4.42 Å². The molecule has 51 heavy (non-hydrogen) atoms. The lowest BCUT2D eigenvalue weighted by Crippen LogP contribution is -1.94. The first-order valence-electron chi connectivity index (χ1n) is 17.4. The fourth-order valence-electron chi connectivity index (χ4n) is 8.20. The van der Waals surface area contributed by atoms with Gasteiger partial charge in [-0.15, -0.1) is 0 Å². The van der Waals surface area contributed by atoms with Crippen molar-refractivity contribution in [3.63, 3.8) is 0 Å². The minimum Gasteiger partial charge on any atom is -0.455 e. The van der Waals surface area contributed by atoms with Gasteiger partial charge in [0, 0.05) is 49.3 Å². The van der Waals surface area contributed by atoms with Crippen LogP contribution in [0.5, 0.6) is 0 Å². The van der Waals surface area contributed by atoms with Crippen LogP contribution in [-0.2, 0) is 0 Å². The van der Waals surface area contributed by atoms with E-state index >= 15 is 0 Å². The summed E-state index contributed by atoms with van der Waals surface area (Å²) >= 11 is 0. The van der Waals surface area contributed by atoms with Crippen LogP contribution in [0.25, 0.3) is 99.2 Å². The van der Waals surface area contributed by atoms with E-state index in [1.165, 1.54) is 60.4 Å². The summed E-state index contributed by atoms with van der Waals surface area (Å²) < 4.78 is 11.1. The van der Waals surface area contributed by atoms with Crippen LogP contribution in [0.1, 0.15) is 0 Å². The lowest BCUT2D eigenvalue weighted by atomic mass is 10.0. The van der Waals surface area contributed by atoms with Crippen molar-refractivity contribution >= 4 is 65.6 Å². The highest BCUT2D eigenvalue weighted by Crippen LogP contribution is 2.40. The molecule has 0 fully saturated rings. The van der Waals surface area contributed by atoms with Crippen molar-refractivity contribution in [2.45, 2.75) is 0 Å². The van der Waals surface area contributed by atoms with Gasteiger partial charge in [-0.2, -0.15) is 0 Å². The van der Waals surface area contributed by atoms with Crippen molar-refractivity contribution in [3.05, 3.63) is 182 Å². The average molecular weight is 651 g/mol. The molecule has 11 rings (SSSR count). The van der Waals surface area contributed by atoms with E-state index < -0.39 is 0 Å². The van der Waals surface area contributed by atoms with E-state index in [-0.39, 0.29) is 0 Å². The molecule has 0 atom stereocenters. The fraction of sp³-hybridized carbons (Fsp3) is 0. The summed E-state index contributed by atoms with van der Waals surface area (Å²) in [6, 6.07) is 65.5. The molecule has 0 aliphatic heterocycles. The van der Waals surface area contributed by atoms with Crippen LogP contribution in [0.15, 0.2) is 186 Å².